The van der Waals surface area contributed by atoms with Gasteiger partial charge in [0.05, 0.1) is 24.1 Å². The summed E-state index contributed by atoms with van der Waals surface area (Å²) < 4.78 is 7.44. The Kier molecular flexibility index (Phi) is 6.65. The molecule has 0 saturated heterocycles. The van der Waals surface area contributed by atoms with Crippen LogP contribution in [-0.4, -0.2) is 27.3 Å². The average molecular weight is 393 g/mol. The lowest BCUT2D eigenvalue weighted by molar-refractivity contribution is 0.0949. The Morgan fingerprint density at radius 3 is 2.48 bits per heavy atom. The third kappa shape index (κ3) is 5.22. The minimum absolute atomic E-state index is 0.123. The van der Waals surface area contributed by atoms with E-state index in [0.717, 1.165) is 17.0 Å². The molecule has 29 heavy (non-hydrogen) atoms. The molecule has 152 valence electrons. The van der Waals surface area contributed by atoms with Gasteiger partial charge in [-0.2, -0.15) is 5.10 Å². The van der Waals surface area contributed by atoms with Gasteiger partial charge in [0.2, 0.25) is 0 Å². The predicted molar refractivity (Wildman–Crippen MR) is 113 cm³/mol. The summed E-state index contributed by atoms with van der Waals surface area (Å²) in [6.45, 7) is 9.45. The maximum Gasteiger partial charge on any atom is 0.255 e. The number of rotatable bonds is 8. The van der Waals surface area contributed by atoms with E-state index in [0.29, 0.717) is 30.5 Å². The highest BCUT2D eigenvalue weighted by Crippen LogP contribution is 2.22. The maximum absolute atomic E-state index is 12.8. The predicted octanol–water partition coefficient (Wildman–Crippen LogP) is 4.36. The van der Waals surface area contributed by atoms with Crippen molar-refractivity contribution in [3.05, 3.63) is 71.7 Å². The summed E-state index contributed by atoms with van der Waals surface area (Å²) in [7, 11) is 0. The van der Waals surface area contributed by atoms with Crippen LogP contribution >= 0.6 is 0 Å². The minimum atomic E-state index is -0.143. The van der Waals surface area contributed by atoms with Crippen molar-refractivity contribution in [1.29, 1.82) is 0 Å². The van der Waals surface area contributed by atoms with E-state index in [2.05, 4.69) is 29.2 Å². The molecule has 0 bridgehead atoms. The lowest BCUT2D eigenvalue weighted by Gasteiger charge is -2.12. The van der Waals surface area contributed by atoms with Gasteiger partial charge in [-0.3, -0.25) is 4.79 Å². The summed E-state index contributed by atoms with van der Waals surface area (Å²) in [5.41, 5.74) is 2.43. The number of aromatic nitrogens is 3. The first-order chi connectivity index (χ1) is 14.0. The summed E-state index contributed by atoms with van der Waals surface area (Å²) in [6, 6.07) is 13.4. The number of amides is 1. The van der Waals surface area contributed by atoms with Crippen LogP contribution in [0.4, 0.5) is 0 Å². The molecule has 3 aromatic rings. The zero-order chi connectivity index (χ0) is 20.8. The summed E-state index contributed by atoms with van der Waals surface area (Å²) in [4.78, 5) is 17.2. The Labute approximate surface area is 171 Å². The second-order valence-corrected chi connectivity index (χ2v) is 7.73. The molecule has 3 rings (SSSR count). The molecule has 1 N–H and O–H groups in total. The molecule has 6 heteroatoms. The van der Waals surface area contributed by atoms with E-state index in [4.69, 9.17) is 4.74 Å². The number of ether oxygens (including phenoxy) is 1. The van der Waals surface area contributed by atoms with Crippen LogP contribution in [0.25, 0.3) is 5.82 Å². The Balaban J connectivity index is 1.69. The van der Waals surface area contributed by atoms with Gasteiger partial charge in [-0.05, 0) is 41.7 Å². The molecule has 1 amide bonds. The van der Waals surface area contributed by atoms with Gasteiger partial charge in [0, 0.05) is 12.7 Å². The van der Waals surface area contributed by atoms with E-state index in [1.807, 2.05) is 56.3 Å². The fraction of sp³-hybridized carbons (Fsp3) is 0.348. The van der Waals surface area contributed by atoms with Gasteiger partial charge >= 0.3 is 0 Å². The second kappa shape index (κ2) is 9.37. The van der Waals surface area contributed by atoms with E-state index in [1.165, 1.54) is 0 Å². The number of hydrogen-bond donors (Lipinski definition) is 1. The van der Waals surface area contributed by atoms with Gasteiger partial charge in [-0.15, -0.1) is 0 Å². The maximum atomic E-state index is 12.8. The van der Waals surface area contributed by atoms with Crippen LogP contribution < -0.4 is 10.1 Å². The summed E-state index contributed by atoms with van der Waals surface area (Å²) >= 11 is 0. The van der Waals surface area contributed by atoms with Crippen molar-refractivity contribution in [2.24, 2.45) is 5.92 Å². The first-order valence-electron chi connectivity index (χ1n) is 9.95. The summed E-state index contributed by atoms with van der Waals surface area (Å²) in [5.74, 6) is 2.00. The normalized spacial score (nSPS) is 11.1. The van der Waals surface area contributed by atoms with E-state index >= 15 is 0 Å². The second-order valence-electron chi connectivity index (χ2n) is 7.73. The standard InChI is InChI=1S/C23H28N4O2/c1-16(2)15-29-19-10-8-18(9-11-19)13-25-23(28)20-14-26-27(22(20)17(3)4)21-7-5-6-12-24-21/h5-12,14,16-17H,13,15H2,1-4H3,(H,25,28). The zero-order valence-corrected chi connectivity index (χ0v) is 17.4. The molecule has 0 saturated carbocycles. The third-order valence-electron chi connectivity index (χ3n) is 4.42. The van der Waals surface area contributed by atoms with Crippen molar-refractivity contribution >= 4 is 5.91 Å². The van der Waals surface area contributed by atoms with Crippen molar-refractivity contribution in [1.82, 2.24) is 20.1 Å². The largest absolute Gasteiger partial charge is 0.493 e. The number of benzene rings is 1. The van der Waals surface area contributed by atoms with E-state index < -0.39 is 0 Å². The fourth-order valence-electron chi connectivity index (χ4n) is 2.99. The van der Waals surface area contributed by atoms with Gasteiger partial charge in [-0.1, -0.05) is 45.9 Å². The quantitative estimate of drug-likeness (QED) is 0.619. The number of carbonyl (C=O) groups is 1. The average Bonchev–Trinajstić information content (AvgIpc) is 3.17. The molecular weight excluding hydrogens is 364 g/mol. The number of pyridine rings is 1. The van der Waals surface area contributed by atoms with Crippen LogP contribution in [0.2, 0.25) is 0 Å². The molecule has 1 aromatic carbocycles. The SMILES string of the molecule is CC(C)COc1ccc(CNC(=O)c2cnn(-c3ccccn3)c2C(C)C)cc1. The monoisotopic (exact) mass is 392 g/mol. The molecule has 0 atom stereocenters. The Morgan fingerprint density at radius 1 is 1.10 bits per heavy atom. The van der Waals surface area contributed by atoms with Gasteiger partial charge in [0.25, 0.3) is 5.91 Å². The molecule has 6 nitrogen and oxygen atoms in total. The minimum Gasteiger partial charge on any atom is -0.493 e. The zero-order valence-electron chi connectivity index (χ0n) is 17.4. The number of nitrogens with zero attached hydrogens (tertiary/aromatic N) is 3. The Bertz CT molecular complexity index is 931. The smallest absolute Gasteiger partial charge is 0.255 e. The van der Waals surface area contributed by atoms with Crippen LogP contribution in [0.15, 0.2) is 54.9 Å². The number of hydrogen-bond acceptors (Lipinski definition) is 4. The van der Waals surface area contributed by atoms with Crippen LogP contribution in [0.3, 0.4) is 0 Å². The highest BCUT2D eigenvalue weighted by atomic mass is 16.5. The van der Waals surface area contributed by atoms with E-state index in [-0.39, 0.29) is 11.8 Å². The fourth-order valence-corrected chi connectivity index (χ4v) is 2.99. The molecule has 0 radical (unpaired) electrons. The van der Waals surface area contributed by atoms with E-state index in [9.17, 15) is 4.79 Å². The Morgan fingerprint density at radius 2 is 1.86 bits per heavy atom. The molecule has 0 spiro atoms. The van der Waals surface area contributed by atoms with Crippen LogP contribution in [0, 0.1) is 5.92 Å². The summed E-state index contributed by atoms with van der Waals surface area (Å²) in [6.07, 6.45) is 3.33. The molecule has 0 aliphatic rings. The third-order valence-corrected chi connectivity index (χ3v) is 4.42. The first-order valence-corrected chi connectivity index (χ1v) is 9.95. The summed E-state index contributed by atoms with van der Waals surface area (Å²) in [5, 5.41) is 7.40. The van der Waals surface area contributed by atoms with Crippen LogP contribution in [0.1, 0.15) is 55.2 Å². The van der Waals surface area contributed by atoms with Gasteiger partial charge in [0.1, 0.15) is 5.75 Å². The molecule has 0 fully saturated rings. The van der Waals surface area contributed by atoms with Gasteiger partial charge in [0.15, 0.2) is 5.82 Å². The van der Waals surface area contributed by atoms with Crippen LogP contribution in [-0.2, 0) is 6.54 Å². The lowest BCUT2D eigenvalue weighted by atomic mass is 10.1. The number of carbonyl (C=O) groups excluding carboxylic acids is 1. The highest BCUT2D eigenvalue weighted by Gasteiger charge is 2.21. The molecule has 0 aliphatic carbocycles. The van der Waals surface area contributed by atoms with Crippen molar-refractivity contribution in [2.75, 3.05) is 6.61 Å². The molecule has 2 aromatic heterocycles. The van der Waals surface area contributed by atoms with Crippen LogP contribution in [0.5, 0.6) is 5.75 Å². The lowest BCUT2D eigenvalue weighted by Crippen LogP contribution is -2.24. The number of nitrogens with one attached hydrogen (secondary N) is 1. The van der Waals surface area contributed by atoms with Gasteiger partial charge in [-0.25, -0.2) is 9.67 Å². The molecular formula is C23H28N4O2. The molecule has 2 heterocycles. The molecule has 0 unspecified atom stereocenters. The van der Waals surface area contributed by atoms with Gasteiger partial charge < -0.3 is 10.1 Å². The first kappa shape index (κ1) is 20.6. The van der Waals surface area contributed by atoms with Crippen molar-refractivity contribution in [2.45, 2.75) is 40.2 Å². The Hall–Kier alpha value is -3.15. The van der Waals surface area contributed by atoms with Crippen molar-refractivity contribution in [3.63, 3.8) is 0 Å². The topological polar surface area (TPSA) is 69.0 Å². The van der Waals surface area contributed by atoms with Crippen molar-refractivity contribution in [3.8, 4) is 11.6 Å². The van der Waals surface area contributed by atoms with Crippen molar-refractivity contribution < 1.29 is 9.53 Å². The molecule has 0 aliphatic heterocycles. The van der Waals surface area contributed by atoms with E-state index in [1.54, 1.807) is 17.1 Å². The highest BCUT2D eigenvalue weighted by molar-refractivity contribution is 5.95.